The van der Waals surface area contributed by atoms with Gasteiger partial charge in [0.25, 0.3) is 0 Å². The zero-order chi connectivity index (χ0) is 7.94. The molecule has 1 aromatic heterocycles. The third-order valence-electron chi connectivity index (χ3n) is 1.45. The molecule has 1 aromatic rings. The van der Waals surface area contributed by atoms with Crippen LogP contribution in [0, 0.1) is 0 Å². The van der Waals surface area contributed by atoms with Crippen LogP contribution in [0.3, 0.4) is 0 Å². The molecule has 0 spiro atoms. The summed E-state index contributed by atoms with van der Waals surface area (Å²) >= 11 is 0. The van der Waals surface area contributed by atoms with Gasteiger partial charge in [0.15, 0.2) is 0 Å². The van der Waals surface area contributed by atoms with Crippen LogP contribution in [0.1, 0.15) is 12.2 Å². The van der Waals surface area contributed by atoms with Crippen LogP contribution in [0.25, 0.3) is 0 Å². The molecule has 11 heavy (non-hydrogen) atoms. The van der Waals surface area contributed by atoms with E-state index in [1.807, 2.05) is 13.1 Å². The van der Waals surface area contributed by atoms with Crippen LogP contribution in [0.5, 0.6) is 0 Å². The monoisotopic (exact) mass is 151 g/mol. The predicted molar refractivity (Wildman–Crippen MR) is 44.3 cm³/mol. The highest BCUT2D eigenvalue weighted by molar-refractivity contribution is 4.88. The average molecular weight is 151 g/mol. The molecule has 1 N–H and O–H groups in total. The number of hydrogen-bond acceptors (Lipinski definition) is 3. The molecule has 0 fully saturated rings. The predicted octanol–water partition coefficient (Wildman–Crippen LogP) is 0.629. The molecule has 0 saturated heterocycles. The van der Waals surface area contributed by atoms with Gasteiger partial charge in [-0.25, -0.2) is 9.97 Å². The van der Waals surface area contributed by atoms with Crippen molar-refractivity contribution in [2.45, 2.75) is 12.8 Å². The van der Waals surface area contributed by atoms with E-state index >= 15 is 0 Å². The summed E-state index contributed by atoms with van der Waals surface area (Å²) in [5.41, 5.74) is 0. The lowest BCUT2D eigenvalue weighted by Crippen LogP contribution is -2.09. The van der Waals surface area contributed by atoms with E-state index in [9.17, 15) is 0 Å². The maximum atomic E-state index is 4.11. The van der Waals surface area contributed by atoms with E-state index in [1.165, 1.54) is 0 Å². The number of nitrogens with zero attached hydrogens (tertiary/aromatic N) is 2. The fraction of sp³-hybridized carbons (Fsp3) is 0.500. The number of aromatic nitrogens is 2. The first-order chi connectivity index (χ1) is 5.43. The minimum absolute atomic E-state index is 0.933. The maximum Gasteiger partial charge on any atom is 0.128 e. The Morgan fingerprint density at radius 2 is 2.09 bits per heavy atom. The van der Waals surface area contributed by atoms with Crippen LogP contribution >= 0.6 is 0 Å². The van der Waals surface area contributed by atoms with Gasteiger partial charge in [0.1, 0.15) is 5.82 Å². The van der Waals surface area contributed by atoms with Crippen LogP contribution in [0.4, 0.5) is 0 Å². The van der Waals surface area contributed by atoms with Crippen molar-refractivity contribution < 1.29 is 0 Å². The Balaban J connectivity index is 2.28. The van der Waals surface area contributed by atoms with Gasteiger partial charge in [-0.1, -0.05) is 0 Å². The molecule has 3 heteroatoms. The first-order valence-corrected chi connectivity index (χ1v) is 3.84. The van der Waals surface area contributed by atoms with Crippen molar-refractivity contribution in [1.29, 1.82) is 0 Å². The highest BCUT2D eigenvalue weighted by atomic mass is 14.9. The molecular weight excluding hydrogens is 138 g/mol. The largest absolute Gasteiger partial charge is 0.320 e. The summed E-state index contributed by atoms with van der Waals surface area (Å²) in [6.07, 6.45) is 5.62. The SMILES string of the molecule is CNCCCc1ncccn1. The highest BCUT2D eigenvalue weighted by Gasteiger charge is 1.92. The van der Waals surface area contributed by atoms with Crippen molar-refractivity contribution in [2.24, 2.45) is 0 Å². The maximum absolute atomic E-state index is 4.11. The van der Waals surface area contributed by atoms with Gasteiger partial charge in [-0.2, -0.15) is 0 Å². The lowest BCUT2D eigenvalue weighted by Gasteiger charge is -1.97. The summed E-state index contributed by atoms with van der Waals surface area (Å²) in [5, 5.41) is 3.08. The zero-order valence-electron chi connectivity index (χ0n) is 6.75. The fourth-order valence-electron chi connectivity index (χ4n) is 0.882. The van der Waals surface area contributed by atoms with Gasteiger partial charge in [0, 0.05) is 18.8 Å². The molecular formula is C8H13N3. The van der Waals surface area contributed by atoms with Crippen molar-refractivity contribution in [3.05, 3.63) is 24.3 Å². The number of hydrogen-bond donors (Lipinski definition) is 1. The van der Waals surface area contributed by atoms with Gasteiger partial charge in [0.2, 0.25) is 0 Å². The molecule has 0 aromatic carbocycles. The molecule has 0 aliphatic carbocycles. The van der Waals surface area contributed by atoms with Crippen molar-refractivity contribution in [3.63, 3.8) is 0 Å². The summed E-state index contributed by atoms with van der Waals surface area (Å²) in [7, 11) is 1.95. The number of nitrogens with one attached hydrogen (secondary N) is 1. The van der Waals surface area contributed by atoms with E-state index in [4.69, 9.17) is 0 Å². The molecule has 3 nitrogen and oxygen atoms in total. The molecule has 0 saturated carbocycles. The van der Waals surface area contributed by atoms with E-state index in [0.717, 1.165) is 25.2 Å². The Bertz CT molecular complexity index is 186. The van der Waals surface area contributed by atoms with E-state index in [0.29, 0.717) is 0 Å². The smallest absolute Gasteiger partial charge is 0.128 e. The van der Waals surface area contributed by atoms with E-state index in [-0.39, 0.29) is 0 Å². The summed E-state index contributed by atoms with van der Waals surface area (Å²) in [4.78, 5) is 8.22. The van der Waals surface area contributed by atoms with Crippen LogP contribution in [-0.2, 0) is 6.42 Å². The molecule has 0 unspecified atom stereocenters. The van der Waals surface area contributed by atoms with Crippen LogP contribution in [-0.4, -0.2) is 23.6 Å². The molecule has 60 valence electrons. The normalized spacial score (nSPS) is 9.91. The van der Waals surface area contributed by atoms with E-state index in [2.05, 4.69) is 15.3 Å². The van der Waals surface area contributed by atoms with Crippen LogP contribution in [0.15, 0.2) is 18.5 Å². The molecule has 1 rings (SSSR count). The second-order valence-corrected chi connectivity index (χ2v) is 2.37. The van der Waals surface area contributed by atoms with Crippen molar-refractivity contribution >= 4 is 0 Å². The first kappa shape index (κ1) is 8.14. The molecule has 1 heterocycles. The van der Waals surface area contributed by atoms with E-state index < -0.39 is 0 Å². The Morgan fingerprint density at radius 3 is 2.73 bits per heavy atom. The summed E-state index contributed by atoms with van der Waals surface area (Å²) < 4.78 is 0. The lowest BCUT2D eigenvalue weighted by atomic mass is 10.3. The molecule has 0 bridgehead atoms. The molecule has 0 aliphatic rings. The molecule has 0 amide bonds. The Kier molecular flexibility index (Phi) is 3.55. The van der Waals surface area contributed by atoms with Crippen molar-refractivity contribution in [2.75, 3.05) is 13.6 Å². The average Bonchev–Trinajstić information content (AvgIpc) is 2.07. The molecule has 0 radical (unpaired) electrons. The Labute approximate surface area is 66.9 Å². The first-order valence-electron chi connectivity index (χ1n) is 3.84. The van der Waals surface area contributed by atoms with Gasteiger partial charge in [-0.3, -0.25) is 0 Å². The van der Waals surface area contributed by atoms with Crippen LogP contribution < -0.4 is 5.32 Å². The Morgan fingerprint density at radius 1 is 1.36 bits per heavy atom. The number of rotatable bonds is 4. The highest BCUT2D eigenvalue weighted by Crippen LogP contribution is 1.91. The van der Waals surface area contributed by atoms with Crippen molar-refractivity contribution in [3.8, 4) is 0 Å². The van der Waals surface area contributed by atoms with Gasteiger partial charge in [-0.15, -0.1) is 0 Å². The van der Waals surface area contributed by atoms with Crippen LogP contribution in [0.2, 0.25) is 0 Å². The quantitative estimate of drug-likeness (QED) is 0.641. The van der Waals surface area contributed by atoms with Gasteiger partial charge < -0.3 is 5.32 Å². The van der Waals surface area contributed by atoms with Gasteiger partial charge >= 0.3 is 0 Å². The summed E-state index contributed by atoms with van der Waals surface area (Å²) in [5.74, 6) is 0.933. The van der Waals surface area contributed by atoms with E-state index in [1.54, 1.807) is 12.4 Å². The summed E-state index contributed by atoms with van der Waals surface area (Å²) in [6, 6.07) is 1.83. The lowest BCUT2D eigenvalue weighted by molar-refractivity contribution is 0.702. The second-order valence-electron chi connectivity index (χ2n) is 2.37. The molecule has 0 aliphatic heterocycles. The minimum atomic E-state index is 0.933. The Hall–Kier alpha value is -0.960. The van der Waals surface area contributed by atoms with Crippen molar-refractivity contribution in [1.82, 2.24) is 15.3 Å². The van der Waals surface area contributed by atoms with Gasteiger partial charge in [0.05, 0.1) is 0 Å². The fourth-order valence-corrected chi connectivity index (χ4v) is 0.882. The van der Waals surface area contributed by atoms with Gasteiger partial charge in [-0.05, 0) is 26.1 Å². The standard InChI is InChI=1S/C8H13N3/c1-9-5-2-4-8-10-6-3-7-11-8/h3,6-7,9H,2,4-5H2,1H3. The second kappa shape index (κ2) is 4.79. The molecule has 0 atom stereocenters. The topological polar surface area (TPSA) is 37.8 Å². The minimum Gasteiger partial charge on any atom is -0.320 e. The number of aryl methyl sites for hydroxylation is 1. The third-order valence-corrected chi connectivity index (χ3v) is 1.45. The summed E-state index contributed by atoms with van der Waals surface area (Å²) in [6.45, 7) is 1.03. The zero-order valence-corrected chi connectivity index (χ0v) is 6.75. The third kappa shape index (κ3) is 3.09.